The number of H-pyrrole nitrogens is 1. The Morgan fingerprint density at radius 1 is 1.22 bits per heavy atom. The summed E-state index contributed by atoms with van der Waals surface area (Å²) >= 11 is 0. The van der Waals surface area contributed by atoms with Gasteiger partial charge in [-0.2, -0.15) is 5.21 Å². The van der Waals surface area contributed by atoms with E-state index >= 15 is 0 Å². The molecule has 8 nitrogen and oxygen atoms in total. The van der Waals surface area contributed by atoms with Crippen molar-refractivity contribution < 1.29 is 0 Å². The molecule has 1 fully saturated rings. The number of nitrogens with zero attached hydrogens (tertiary/aromatic N) is 6. The van der Waals surface area contributed by atoms with E-state index in [4.69, 9.17) is 4.98 Å². The summed E-state index contributed by atoms with van der Waals surface area (Å²) in [7, 11) is 2.15. The molecule has 0 radical (unpaired) electrons. The summed E-state index contributed by atoms with van der Waals surface area (Å²) in [6.45, 7) is 2.99. The minimum atomic E-state index is 0.237. The highest BCUT2D eigenvalue weighted by molar-refractivity contribution is 5.70. The lowest BCUT2D eigenvalue weighted by atomic mass is 10.1. The second-order valence-corrected chi connectivity index (χ2v) is 6.61. The number of aromatic amines is 1. The molecule has 0 amide bonds. The molecule has 1 aliphatic rings. The monoisotopic (exact) mass is 362 g/mol. The average molecular weight is 362 g/mol. The molecule has 1 saturated heterocycles. The first kappa shape index (κ1) is 17.4. The van der Waals surface area contributed by atoms with E-state index in [1.54, 1.807) is 0 Å². The van der Waals surface area contributed by atoms with Crippen LogP contribution in [-0.4, -0.2) is 62.2 Å². The summed E-state index contributed by atoms with van der Waals surface area (Å²) in [6.07, 6.45) is 8.60. The molecule has 0 bridgehead atoms. The fraction of sp³-hybridized carbons (Fsp3) is 0.316. The van der Waals surface area contributed by atoms with E-state index in [1.165, 1.54) is 0 Å². The molecule has 1 aromatic carbocycles. The van der Waals surface area contributed by atoms with Gasteiger partial charge in [0.1, 0.15) is 0 Å². The number of aromatic nitrogens is 6. The van der Waals surface area contributed by atoms with Crippen molar-refractivity contribution in [3.8, 4) is 11.3 Å². The van der Waals surface area contributed by atoms with Crippen LogP contribution < -0.4 is 5.32 Å². The lowest BCUT2D eigenvalue weighted by Gasteiger charge is -2.24. The Kier molecular flexibility index (Phi) is 5.27. The maximum atomic E-state index is 4.90. The van der Waals surface area contributed by atoms with Crippen molar-refractivity contribution in [2.45, 2.75) is 12.5 Å². The van der Waals surface area contributed by atoms with Crippen LogP contribution in [0.4, 0.5) is 0 Å². The topological polar surface area (TPSA) is 95.5 Å². The minimum Gasteiger partial charge on any atom is -0.315 e. The molecule has 138 valence electrons. The van der Waals surface area contributed by atoms with Gasteiger partial charge in [-0.15, -0.1) is 10.2 Å². The first-order chi connectivity index (χ1) is 13.3. The molecular formula is C19H22N8. The van der Waals surface area contributed by atoms with Gasteiger partial charge in [-0.25, -0.2) is 4.98 Å². The van der Waals surface area contributed by atoms with Crippen LogP contribution in [0.2, 0.25) is 0 Å². The van der Waals surface area contributed by atoms with Gasteiger partial charge in [-0.05, 0) is 49.5 Å². The van der Waals surface area contributed by atoms with E-state index in [-0.39, 0.29) is 6.04 Å². The van der Waals surface area contributed by atoms with Crippen LogP contribution in [0.15, 0.2) is 36.7 Å². The van der Waals surface area contributed by atoms with E-state index < -0.39 is 0 Å². The molecule has 1 aliphatic heterocycles. The van der Waals surface area contributed by atoms with Gasteiger partial charge >= 0.3 is 0 Å². The van der Waals surface area contributed by atoms with Gasteiger partial charge in [0, 0.05) is 12.1 Å². The number of likely N-dealkylation sites (N-methyl/N-ethyl adjacent to an activating group) is 1. The highest BCUT2D eigenvalue weighted by Gasteiger charge is 2.21. The molecule has 3 heterocycles. The molecule has 4 rings (SSSR count). The molecule has 2 N–H and O–H groups in total. The van der Waals surface area contributed by atoms with E-state index in [2.05, 4.69) is 55.0 Å². The number of hydrogen-bond donors (Lipinski definition) is 2. The Bertz CT molecular complexity index is 906. The van der Waals surface area contributed by atoms with E-state index in [0.29, 0.717) is 5.82 Å². The zero-order chi connectivity index (χ0) is 18.5. The van der Waals surface area contributed by atoms with Crippen LogP contribution in [-0.2, 0) is 0 Å². The minimum absolute atomic E-state index is 0.237. The van der Waals surface area contributed by atoms with E-state index in [1.807, 2.05) is 36.7 Å². The third-order valence-corrected chi connectivity index (χ3v) is 4.70. The highest BCUT2D eigenvalue weighted by atomic mass is 15.5. The second kappa shape index (κ2) is 8.15. The summed E-state index contributed by atoms with van der Waals surface area (Å²) in [5.74, 6) is 0.547. The number of rotatable bonds is 4. The van der Waals surface area contributed by atoms with Crippen molar-refractivity contribution in [1.82, 2.24) is 40.8 Å². The van der Waals surface area contributed by atoms with Crippen LogP contribution in [0.5, 0.6) is 0 Å². The van der Waals surface area contributed by atoms with E-state index in [0.717, 1.165) is 48.6 Å². The fourth-order valence-electron chi connectivity index (χ4n) is 3.23. The van der Waals surface area contributed by atoms with Crippen LogP contribution >= 0.6 is 0 Å². The maximum absolute atomic E-state index is 4.90. The molecular weight excluding hydrogens is 340 g/mol. The molecule has 27 heavy (non-hydrogen) atoms. The Hall–Kier alpha value is -2.97. The highest BCUT2D eigenvalue weighted by Crippen LogP contribution is 2.23. The number of tetrazole rings is 1. The number of nitrogens with one attached hydrogen (secondary N) is 2. The smallest absolute Gasteiger partial charge is 0.197 e. The Morgan fingerprint density at radius 3 is 3.07 bits per heavy atom. The van der Waals surface area contributed by atoms with Gasteiger partial charge in [0.05, 0.1) is 29.8 Å². The SMILES string of the molecule is CN1CCCNCC1c1cncc(-c2cccc(C=Cc3nn[nH]n3)c2)n1. The molecule has 1 unspecified atom stereocenters. The van der Waals surface area contributed by atoms with Crippen LogP contribution in [0, 0.1) is 0 Å². The van der Waals surface area contributed by atoms with Crippen molar-refractivity contribution in [2.75, 3.05) is 26.7 Å². The third-order valence-electron chi connectivity index (χ3n) is 4.70. The van der Waals surface area contributed by atoms with Crippen molar-refractivity contribution in [1.29, 1.82) is 0 Å². The van der Waals surface area contributed by atoms with Gasteiger partial charge in [-0.1, -0.05) is 24.3 Å². The standard InChI is InChI=1S/C19H22N8/c1-27-9-3-8-20-13-18(27)17-12-21-11-16(22-17)15-5-2-4-14(10-15)6-7-19-23-25-26-24-19/h2,4-7,10-12,18,20H,3,8-9,13H2,1H3,(H,23,24,25,26). The lowest BCUT2D eigenvalue weighted by Crippen LogP contribution is -2.30. The van der Waals surface area contributed by atoms with Crippen molar-refractivity contribution in [3.63, 3.8) is 0 Å². The van der Waals surface area contributed by atoms with Gasteiger partial charge in [0.15, 0.2) is 5.82 Å². The second-order valence-electron chi connectivity index (χ2n) is 6.61. The summed E-state index contributed by atoms with van der Waals surface area (Å²) in [4.78, 5) is 11.7. The van der Waals surface area contributed by atoms with Gasteiger partial charge in [0.2, 0.25) is 0 Å². The summed E-state index contributed by atoms with van der Waals surface area (Å²) in [5, 5.41) is 17.3. The van der Waals surface area contributed by atoms with Crippen LogP contribution in [0.25, 0.3) is 23.4 Å². The quantitative estimate of drug-likeness (QED) is 0.730. The summed E-state index contributed by atoms with van der Waals surface area (Å²) in [5.41, 5.74) is 3.94. The molecule has 0 aliphatic carbocycles. The molecule has 0 spiro atoms. The fourth-order valence-corrected chi connectivity index (χ4v) is 3.23. The molecule has 0 saturated carbocycles. The third kappa shape index (κ3) is 4.24. The molecule has 8 heteroatoms. The predicted octanol–water partition coefficient (Wildman–Crippen LogP) is 1.79. The Labute approximate surface area is 157 Å². The number of hydrogen-bond acceptors (Lipinski definition) is 7. The van der Waals surface area contributed by atoms with Gasteiger partial charge in [0.25, 0.3) is 0 Å². The molecule has 2 aromatic heterocycles. The summed E-state index contributed by atoms with van der Waals surface area (Å²) in [6, 6.07) is 8.41. The van der Waals surface area contributed by atoms with Crippen molar-refractivity contribution in [3.05, 3.63) is 53.7 Å². The first-order valence-electron chi connectivity index (χ1n) is 9.04. The van der Waals surface area contributed by atoms with Crippen LogP contribution in [0.1, 0.15) is 29.5 Å². The largest absolute Gasteiger partial charge is 0.315 e. The van der Waals surface area contributed by atoms with Crippen LogP contribution in [0.3, 0.4) is 0 Å². The average Bonchev–Trinajstić information content (AvgIpc) is 3.14. The first-order valence-corrected chi connectivity index (χ1v) is 9.04. The Balaban J connectivity index is 1.59. The normalized spacial score (nSPS) is 18.6. The number of benzene rings is 1. The maximum Gasteiger partial charge on any atom is 0.197 e. The van der Waals surface area contributed by atoms with Gasteiger partial charge in [-0.3, -0.25) is 9.88 Å². The van der Waals surface area contributed by atoms with E-state index in [9.17, 15) is 0 Å². The van der Waals surface area contributed by atoms with Crippen molar-refractivity contribution in [2.24, 2.45) is 0 Å². The zero-order valence-corrected chi connectivity index (χ0v) is 15.2. The Morgan fingerprint density at radius 2 is 2.19 bits per heavy atom. The summed E-state index contributed by atoms with van der Waals surface area (Å²) < 4.78 is 0. The molecule has 3 aromatic rings. The van der Waals surface area contributed by atoms with Gasteiger partial charge < -0.3 is 5.32 Å². The zero-order valence-electron chi connectivity index (χ0n) is 15.2. The lowest BCUT2D eigenvalue weighted by molar-refractivity contribution is 0.256. The van der Waals surface area contributed by atoms with Crippen molar-refractivity contribution >= 4 is 12.2 Å². The molecule has 1 atom stereocenters. The predicted molar refractivity (Wildman–Crippen MR) is 103 cm³/mol.